The molecular formula is C27H26N+. The predicted molar refractivity (Wildman–Crippen MR) is 118 cm³/mol. The Kier molecular flexibility index (Phi) is 3.27. The SMILES string of the molecule is [2H]C([2H])([2H])c1ccccc1-c1cc(-c2cc(-c3ccccc3)cc[n+]2C)c(C)cc1C([2H])([2H])[2H]. The Bertz CT molecular complexity index is 1340. The van der Waals surface area contributed by atoms with Crippen LogP contribution in [0.2, 0.25) is 0 Å². The molecule has 0 N–H and O–H groups in total. The van der Waals surface area contributed by atoms with Crippen molar-refractivity contribution in [3.05, 3.63) is 102 Å². The Morgan fingerprint density at radius 2 is 1.39 bits per heavy atom. The van der Waals surface area contributed by atoms with Gasteiger partial charge in [-0.1, -0.05) is 60.7 Å². The van der Waals surface area contributed by atoms with E-state index in [2.05, 4.69) is 6.07 Å². The highest BCUT2D eigenvalue weighted by Gasteiger charge is 2.17. The van der Waals surface area contributed by atoms with E-state index in [9.17, 15) is 0 Å². The molecule has 0 atom stereocenters. The largest absolute Gasteiger partial charge is 0.213 e. The van der Waals surface area contributed by atoms with E-state index in [0.29, 0.717) is 11.1 Å². The highest BCUT2D eigenvalue weighted by atomic mass is 14.9. The molecule has 0 fully saturated rings. The molecule has 0 amide bonds. The lowest BCUT2D eigenvalue weighted by molar-refractivity contribution is -0.660. The van der Waals surface area contributed by atoms with Crippen LogP contribution in [0.15, 0.2) is 85.1 Å². The topological polar surface area (TPSA) is 3.88 Å². The smallest absolute Gasteiger partial charge is 0.201 e. The number of hydrogen-bond donors (Lipinski definition) is 0. The molecule has 0 aliphatic heterocycles. The molecule has 0 saturated heterocycles. The first-order chi connectivity index (χ1) is 16.0. The van der Waals surface area contributed by atoms with Crippen molar-refractivity contribution in [2.75, 3.05) is 0 Å². The lowest BCUT2D eigenvalue weighted by Gasteiger charge is -2.14. The van der Waals surface area contributed by atoms with Gasteiger partial charge in [0.25, 0.3) is 0 Å². The summed E-state index contributed by atoms with van der Waals surface area (Å²) in [5, 5.41) is 0. The minimum absolute atomic E-state index is 0.137. The highest BCUT2D eigenvalue weighted by Crippen LogP contribution is 2.33. The van der Waals surface area contributed by atoms with Crippen LogP contribution in [0.3, 0.4) is 0 Å². The third kappa shape index (κ3) is 3.36. The molecule has 3 aromatic carbocycles. The van der Waals surface area contributed by atoms with Gasteiger partial charge in [-0.3, -0.25) is 0 Å². The number of aromatic nitrogens is 1. The number of nitrogens with zero attached hydrogens (tertiary/aromatic N) is 1. The maximum Gasteiger partial charge on any atom is 0.213 e. The number of rotatable bonds is 3. The summed E-state index contributed by atoms with van der Waals surface area (Å²) >= 11 is 0. The summed E-state index contributed by atoms with van der Waals surface area (Å²) in [5.41, 5.74) is 5.79. The molecule has 0 unspecified atom stereocenters. The third-order valence-corrected chi connectivity index (χ3v) is 5.11. The monoisotopic (exact) mass is 370 g/mol. The van der Waals surface area contributed by atoms with Gasteiger partial charge in [0.05, 0.1) is 0 Å². The second-order valence-corrected chi connectivity index (χ2v) is 7.04. The van der Waals surface area contributed by atoms with E-state index in [0.717, 1.165) is 27.9 Å². The summed E-state index contributed by atoms with van der Waals surface area (Å²) < 4.78 is 50.4. The van der Waals surface area contributed by atoms with Gasteiger partial charge in [-0.05, 0) is 65.6 Å². The molecule has 0 aliphatic carbocycles. The molecule has 0 saturated carbocycles. The lowest BCUT2D eigenvalue weighted by Crippen LogP contribution is -2.30. The van der Waals surface area contributed by atoms with Crippen molar-refractivity contribution in [2.24, 2.45) is 7.05 Å². The second kappa shape index (κ2) is 7.44. The summed E-state index contributed by atoms with van der Waals surface area (Å²) in [7, 11) is 1.94. The fraction of sp³-hybridized carbons (Fsp3) is 0.148. The standard InChI is InChI=1S/C27H26N/c1-19-10-8-9-13-24(19)25-18-26(21(3)16-20(25)2)27-17-23(14-15-28(27)4)22-11-6-5-7-12-22/h5-18H,1-4H3/q+1/i1D3,2D3. The van der Waals surface area contributed by atoms with Crippen molar-refractivity contribution < 1.29 is 12.8 Å². The fourth-order valence-electron chi connectivity index (χ4n) is 3.57. The number of benzene rings is 3. The van der Waals surface area contributed by atoms with Gasteiger partial charge in [-0.15, -0.1) is 0 Å². The van der Waals surface area contributed by atoms with Crippen molar-refractivity contribution >= 4 is 0 Å². The predicted octanol–water partition coefficient (Wildman–Crippen LogP) is 6.44. The van der Waals surface area contributed by atoms with Crippen LogP contribution in [-0.2, 0) is 7.05 Å². The zero-order chi connectivity index (χ0) is 24.7. The molecule has 0 aliphatic rings. The summed E-state index contributed by atoms with van der Waals surface area (Å²) in [6.45, 7) is -2.88. The number of pyridine rings is 1. The molecular weight excluding hydrogens is 338 g/mol. The molecule has 0 spiro atoms. The fourth-order valence-corrected chi connectivity index (χ4v) is 3.57. The van der Waals surface area contributed by atoms with Crippen molar-refractivity contribution in [2.45, 2.75) is 20.6 Å². The third-order valence-electron chi connectivity index (χ3n) is 5.11. The Hall–Kier alpha value is -3.19. The van der Waals surface area contributed by atoms with Crippen molar-refractivity contribution in [1.82, 2.24) is 0 Å². The van der Waals surface area contributed by atoms with Gasteiger partial charge in [0.2, 0.25) is 5.69 Å². The molecule has 4 rings (SSSR count). The van der Waals surface area contributed by atoms with Crippen LogP contribution in [0.1, 0.15) is 24.9 Å². The van der Waals surface area contributed by atoms with E-state index in [4.69, 9.17) is 8.22 Å². The van der Waals surface area contributed by atoms with Crippen LogP contribution < -0.4 is 4.57 Å². The summed E-state index contributed by atoms with van der Waals surface area (Å²) in [4.78, 5) is 0. The van der Waals surface area contributed by atoms with Crippen LogP contribution in [-0.4, -0.2) is 0 Å². The normalized spacial score (nSPS) is 14.9. The maximum absolute atomic E-state index is 8.14. The highest BCUT2D eigenvalue weighted by molar-refractivity contribution is 5.78. The van der Waals surface area contributed by atoms with E-state index < -0.39 is 13.7 Å². The average Bonchev–Trinajstić information content (AvgIpc) is 2.79. The molecule has 1 nitrogen and oxygen atoms in total. The lowest BCUT2D eigenvalue weighted by atomic mass is 9.91. The zero-order valence-corrected chi connectivity index (χ0v) is 16.0. The Morgan fingerprint density at radius 1 is 0.643 bits per heavy atom. The minimum Gasteiger partial charge on any atom is -0.201 e. The van der Waals surface area contributed by atoms with E-state index in [-0.39, 0.29) is 11.1 Å². The van der Waals surface area contributed by atoms with Gasteiger partial charge in [0.15, 0.2) is 6.20 Å². The Balaban J connectivity index is 2.00. The summed E-state index contributed by atoms with van der Waals surface area (Å²) in [6, 6.07) is 24.3. The molecule has 0 bridgehead atoms. The van der Waals surface area contributed by atoms with Gasteiger partial charge in [-0.2, -0.15) is 0 Å². The molecule has 0 radical (unpaired) electrons. The Morgan fingerprint density at radius 3 is 2.18 bits per heavy atom. The van der Waals surface area contributed by atoms with E-state index in [1.165, 1.54) is 0 Å². The molecule has 1 heteroatoms. The van der Waals surface area contributed by atoms with Crippen molar-refractivity contribution in [3.8, 4) is 33.5 Å². The first-order valence-corrected chi connectivity index (χ1v) is 9.27. The van der Waals surface area contributed by atoms with Gasteiger partial charge in [0, 0.05) is 25.9 Å². The van der Waals surface area contributed by atoms with Crippen molar-refractivity contribution in [3.63, 3.8) is 0 Å². The van der Waals surface area contributed by atoms with Gasteiger partial charge in [-0.25, -0.2) is 4.57 Å². The molecule has 4 aromatic rings. The molecule has 1 aromatic heterocycles. The van der Waals surface area contributed by atoms with Crippen LogP contribution in [0.25, 0.3) is 33.5 Å². The number of hydrogen-bond acceptors (Lipinski definition) is 0. The first-order valence-electron chi connectivity index (χ1n) is 12.3. The van der Waals surface area contributed by atoms with Gasteiger partial charge < -0.3 is 0 Å². The number of aryl methyl sites for hydroxylation is 4. The summed E-state index contributed by atoms with van der Waals surface area (Å²) in [6.07, 6.45) is 1.98. The van der Waals surface area contributed by atoms with Gasteiger partial charge in [0.1, 0.15) is 7.05 Å². The van der Waals surface area contributed by atoms with Crippen LogP contribution in [0, 0.1) is 20.6 Å². The first kappa shape index (κ1) is 12.3. The maximum atomic E-state index is 8.14. The summed E-state index contributed by atoms with van der Waals surface area (Å²) in [5.74, 6) is 0. The van der Waals surface area contributed by atoms with E-state index in [1.54, 1.807) is 30.3 Å². The Labute approximate surface area is 176 Å². The molecule has 138 valence electrons. The average molecular weight is 371 g/mol. The van der Waals surface area contributed by atoms with Crippen LogP contribution >= 0.6 is 0 Å². The molecule has 1 heterocycles. The second-order valence-electron chi connectivity index (χ2n) is 7.04. The van der Waals surface area contributed by atoms with Crippen molar-refractivity contribution in [1.29, 1.82) is 0 Å². The van der Waals surface area contributed by atoms with Crippen LogP contribution in [0.5, 0.6) is 0 Å². The van der Waals surface area contributed by atoms with E-state index in [1.807, 2.05) is 67.2 Å². The quantitative estimate of drug-likeness (QED) is 0.365. The zero-order valence-electron chi connectivity index (χ0n) is 22.0. The minimum atomic E-state index is -2.39. The van der Waals surface area contributed by atoms with Crippen LogP contribution in [0.4, 0.5) is 0 Å². The van der Waals surface area contributed by atoms with E-state index >= 15 is 0 Å². The van der Waals surface area contributed by atoms with Gasteiger partial charge >= 0.3 is 0 Å². The molecule has 28 heavy (non-hydrogen) atoms.